The summed E-state index contributed by atoms with van der Waals surface area (Å²) in [5, 5.41) is 0. The molecular formula is C16H28O2. The lowest BCUT2D eigenvalue weighted by Crippen LogP contribution is -2.29. The molecule has 0 aliphatic carbocycles. The van der Waals surface area contributed by atoms with Gasteiger partial charge in [-0.05, 0) is 40.0 Å². The lowest BCUT2D eigenvalue weighted by atomic mass is 9.87. The summed E-state index contributed by atoms with van der Waals surface area (Å²) >= 11 is 0. The molecule has 2 nitrogen and oxygen atoms in total. The second-order valence-corrected chi connectivity index (χ2v) is 6.14. The molecule has 1 heterocycles. The van der Waals surface area contributed by atoms with Gasteiger partial charge in [-0.15, -0.1) is 0 Å². The quantitative estimate of drug-likeness (QED) is 0.649. The van der Waals surface area contributed by atoms with E-state index in [0.717, 1.165) is 32.5 Å². The van der Waals surface area contributed by atoms with Crippen molar-refractivity contribution in [1.82, 2.24) is 0 Å². The van der Waals surface area contributed by atoms with E-state index in [0.29, 0.717) is 0 Å². The Balaban J connectivity index is 2.38. The predicted octanol–water partition coefficient (Wildman–Crippen LogP) is 4.47. The lowest BCUT2D eigenvalue weighted by Gasteiger charge is -2.28. The van der Waals surface area contributed by atoms with E-state index in [2.05, 4.69) is 46.8 Å². The average Bonchev–Trinajstić information content (AvgIpc) is 2.80. The molecule has 0 saturated carbocycles. The summed E-state index contributed by atoms with van der Waals surface area (Å²) in [7, 11) is 0. The molecule has 0 N–H and O–H groups in total. The molecular weight excluding hydrogens is 224 g/mol. The van der Waals surface area contributed by atoms with E-state index >= 15 is 0 Å². The van der Waals surface area contributed by atoms with Crippen LogP contribution in [0.2, 0.25) is 0 Å². The first-order valence-electron chi connectivity index (χ1n) is 6.94. The zero-order valence-electron chi connectivity index (χ0n) is 12.6. The van der Waals surface area contributed by atoms with E-state index in [4.69, 9.17) is 9.47 Å². The van der Waals surface area contributed by atoms with Crippen molar-refractivity contribution >= 4 is 0 Å². The molecule has 0 aromatic carbocycles. The standard InChI is InChI=1S/C16H28O2/c1-13(2)7-6-8-14(3)9-10-16(4,5)15-17-11-12-18-15/h7,9,15H,6,8,10-12H2,1-5H3/b14-9+. The first-order chi connectivity index (χ1) is 8.42. The van der Waals surface area contributed by atoms with Crippen LogP contribution in [-0.4, -0.2) is 19.5 Å². The van der Waals surface area contributed by atoms with Gasteiger partial charge in [0, 0.05) is 5.41 Å². The third-order valence-corrected chi connectivity index (χ3v) is 3.33. The van der Waals surface area contributed by atoms with Gasteiger partial charge in [-0.3, -0.25) is 0 Å². The topological polar surface area (TPSA) is 18.5 Å². The molecule has 0 spiro atoms. The van der Waals surface area contributed by atoms with E-state index in [9.17, 15) is 0 Å². The number of ether oxygens (including phenoxy) is 2. The molecule has 2 heteroatoms. The second kappa shape index (κ2) is 7.10. The Morgan fingerprint density at radius 2 is 1.72 bits per heavy atom. The number of hydrogen-bond donors (Lipinski definition) is 0. The predicted molar refractivity (Wildman–Crippen MR) is 76.5 cm³/mol. The normalized spacial score (nSPS) is 18.2. The van der Waals surface area contributed by atoms with Gasteiger partial charge in [0.1, 0.15) is 0 Å². The monoisotopic (exact) mass is 252 g/mol. The van der Waals surface area contributed by atoms with Gasteiger partial charge in [0.05, 0.1) is 13.2 Å². The summed E-state index contributed by atoms with van der Waals surface area (Å²) in [6.07, 6.45) is 7.89. The Morgan fingerprint density at radius 3 is 2.28 bits per heavy atom. The fourth-order valence-corrected chi connectivity index (χ4v) is 2.03. The van der Waals surface area contributed by atoms with Gasteiger partial charge in [0.15, 0.2) is 6.29 Å². The molecule has 104 valence electrons. The molecule has 1 aliphatic heterocycles. The van der Waals surface area contributed by atoms with E-state index in [-0.39, 0.29) is 11.7 Å². The highest BCUT2D eigenvalue weighted by Gasteiger charge is 2.33. The van der Waals surface area contributed by atoms with Crippen molar-refractivity contribution in [2.45, 2.75) is 60.2 Å². The van der Waals surface area contributed by atoms with Gasteiger partial charge in [0.25, 0.3) is 0 Å². The highest BCUT2D eigenvalue weighted by molar-refractivity contribution is 5.03. The Hall–Kier alpha value is -0.600. The van der Waals surface area contributed by atoms with E-state index in [1.165, 1.54) is 11.1 Å². The molecule has 0 bridgehead atoms. The van der Waals surface area contributed by atoms with Crippen LogP contribution in [0.5, 0.6) is 0 Å². The summed E-state index contributed by atoms with van der Waals surface area (Å²) < 4.78 is 11.2. The molecule has 1 fully saturated rings. The minimum Gasteiger partial charge on any atom is -0.350 e. The van der Waals surface area contributed by atoms with Gasteiger partial charge in [-0.25, -0.2) is 0 Å². The maximum absolute atomic E-state index is 5.60. The van der Waals surface area contributed by atoms with Crippen LogP contribution in [0.4, 0.5) is 0 Å². The zero-order valence-corrected chi connectivity index (χ0v) is 12.6. The summed E-state index contributed by atoms with van der Waals surface area (Å²) in [5.74, 6) is 0. The van der Waals surface area contributed by atoms with Gasteiger partial charge >= 0.3 is 0 Å². The summed E-state index contributed by atoms with van der Waals surface area (Å²) in [4.78, 5) is 0. The molecule has 1 aliphatic rings. The van der Waals surface area contributed by atoms with E-state index in [1.54, 1.807) is 0 Å². The molecule has 18 heavy (non-hydrogen) atoms. The van der Waals surface area contributed by atoms with Crippen molar-refractivity contribution in [3.05, 3.63) is 23.3 Å². The minimum atomic E-state index is -0.0423. The molecule has 0 radical (unpaired) electrons. The Labute approximate surface area is 112 Å². The lowest BCUT2D eigenvalue weighted by molar-refractivity contribution is -0.118. The zero-order chi connectivity index (χ0) is 13.6. The van der Waals surface area contributed by atoms with Gasteiger partial charge < -0.3 is 9.47 Å². The minimum absolute atomic E-state index is 0.0423. The Morgan fingerprint density at radius 1 is 1.11 bits per heavy atom. The molecule has 0 amide bonds. The summed E-state index contributed by atoms with van der Waals surface area (Å²) in [6.45, 7) is 12.4. The van der Waals surface area contributed by atoms with Gasteiger partial charge in [-0.2, -0.15) is 0 Å². The summed E-state index contributed by atoms with van der Waals surface area (Å²) in [5.41, 5.74) is 2.92. The molecule has 0 unspecified atom stereocenters. The SMILES string of the molecule is CC(C)=CCC/C(C)=C/CC(C)(C)C1OCCO1. The van der Waals surface area contributed by atoms with Crippen LogP contribution < -0.4 is 0 Å². The van der Waals surface area contributed by atoms with Crippen LogP contribution in [0, 0.1) is 5.41 Å². The van der Waals surface area contributed by atoms with Crippen molar-refractivity contribution in [3.63, 3.8) is 0 Å². The van der Waals surface area contributed by atoms with Crippen molar-refractivity contribution in [2.75, 3.05) is 13.2 Å². The largest absolute Gasteiger partial charge is 0.350 e. The summed E-state index contributed by atoms with van der Waals surface area (Å²) in [6, 6.07) is 0. The molecule has 1 rings (SSSR count). The van der Waals surface area contributed by atoms with Crippen LogP contribution in [-0.2, 0) is 9.47 Å². The number of allylic oxidation sites excluding steroid dienone is 4. The van der Waals surface area contributed by atoms with Crippen LogP contribution in [0.25, 0.3) is 0 Å². The smallest absolute Gasteiger partial charge is 0.163 e. The van der Waals surface area contributed by atoms with Gasteiger partial charge in [-0.1, -0.05) is 37.1 Å². The third kappa shape index (κ3) is 5.36. The van der Waals surface area contributed by atoms with Crippen LogP contribution in [0.15, 0.2) is 23.3 Å². The number of hydrogen-bond acceptors (Lipinski definition) is 2. The highest BCUT2D eigenvalue weighted by atomic mass is 16.7. The van der Waals surface area contributed by atoms with Crippen molar-refractivity contribution in [3.8, 4) is 0 Å². The van der Waals surface area contributed by atoms with Crippen LogP contribution in [0.1, 0.15) is 53.9 Å². The first kappa shape index (κ1) is 15.5. The molecule has 1 saturated heterocycles. The second-order valence-electron chi connectivity index (χ2n) is 6.14. The highest BCUT2D eigenvalue weighted by Crippen LogP contribution is 2.31. The van der Waals surface area contributed by atoms with E-state index in [1.807, 2.05) is 0 Å². The molecule has 0 aromatic rings. The Bertz CT molecular complexity index is 303. The van der Waals surface area contributed by atoms with Crippen LogP contribution >= 0.6 is 0 Å². The van der Waals surface area contributed by atoms with Crippen molar-refractivity contribution in [2.24, 2.45) is 5.41 Å². The average molecular weight is 252 g/mol. The van der Waals surface area contributed by atoms with Crippen LogP contribution in [0.3, 0.4) is 0 Å². The maximum Gasteiger partial charge on any atom is 0.163 e. The maximum atomic E-state index is 5.60. The molecule has 0 aromatic heterocycles. The fraction of sp³-hybridized carbons (Fsp3) is 0.750. The van der Waals surface area contributed by atoms with E-state index < -0.39 is 0 Å². The first-order valence-corrected chi connectivity index (χ1v) is 6.94. The molecule has 0 atom stereocenters. The van der Waals surface area contributed by atoms with Crippen molar-refractivity contribution < 1.29 is 9.47 Å². The fourth-order valence-electron chi connectivity index (χ4n) is 2.03. The number of rotatable bonds is 6. The van der Waals surface area contributed by atoms with Gasteiger partial charge in [0.2, 0.25) is 0 Å². The Kier molecular flexibility index (Phi) is 6.10. The third-order valence-electron chi connectivity index (χ3n) is 3.33. The van der Waals surface area contributed by atoms with Crippen molar-refractivity contribution in [1.29, 1.82) is 0 Å².